The number of rotatable bonds is 3. The number of morpholine rings is 1. The number of carbonyl (C=O) groups excluding carboxylic acids is 1. The van der Waals surface area contributed by atoms with Crippen molar-refractivity contribution in [2.75, 3.05) is 32.8 Å². The predicted molar refractivity (Wildman–Crippen MR) is 96.4 cm³/mol. The highest BCUT2D eigenvalue weighted by molar-refractivity contribution is 5.88. The molecule has 0 radical (unpaired) electrons. The van der Waals surface area contributed by atoms with Crippen LogP contribution in [-0.2, 0) is 16.0 Å². The van der Waals surface area contributed by atoms with Crippen LogP contribution in [0.15, 0.2) is 30.5 Å². The highest BCUT2D eigenvalue weighted by Crippen LogP contribution is 2.38. The summed E-state index contributed by atoms with van der Waals surface area (Å²) in [7, 11) is 0. The number of piperazine rings is 1. The van der Waals surface area contributed by atoms with E-state index in [2.05, 4.69) is 22.0 Å². The second-order valence-corrected chi connectivity index (χ2v) is 7.71. The minimum atomic E-state index is 0.234. The van der Waals surface area contributed by atoms with Crippen molar-refractivity contribution in [1.82, 2.24) is 14.8 Å². The molecular formula is C20H25N3O2. The van der Waals surface area contributed by atoms with Crippen LogP contribution in [0.5, 0.6) is 0 Å². The number of carbonyl (C=O) groups is 1. The molecule has 0 unspecified atom stereocenters. The minimum absolute atomic E-state index is 0.234. The summed E-state index contributed by atoms with van der Waals surface area (Å²) in [5.41, 5.74) is 2.20. The zero-order chi connectivity index (χ0) is 16.8. The van der Waals surface area contributed by atoms with Gasteiger partial charge in [-0.15, -0.1) is 0 Å². The number of hydrogen-bond donors (Lipinski definition) is 1. The van der Waals surface area contributed by atoms with E-state index in [1.165, 1.54) is 12.8 Å². The zero-order valence-corrected chi connectivity index (χ0v) is 14.5. The molecule has 132 valence electrons. The molecule has 1 N–H and O–H groups in total. The van der Waals surface area contributed by atoms with E-state index in [4.69, 9.17) is 4.74 Å². The Morgan fingerprint density at radius 3 is 2.96 bits per heavy atom. The summed E-state index contributed by atoms with van der Waals surface area (Å²) in [5.74, 6) is 1.06. The molecule has 3 aliphatic rings. The SMILES string of the molecule is O=C(Cc1c[nH]c2ccccc12)N1CCN2[C@@H](COC[C@@H]2C2CC2)C1. The van der Waals surface area contributed by atoms with Gasteiger partial charge in [-0.2, -0.15) is 0 Å². The summed E-state index contributed by atoms with van der Waals surface area (Å²) in [5, 5.41) is 1.16. The predicted octanol–water partition coefficient (Wildman–Crippen LogP) is 2.03. The van der Waals surface area contributed by atoms with Crippen molar-refractivity contribution in [2.24, 2.45) is 5.92 Å². The maximum atomic E-state index is 12.9. The zero-order valence-electron chi connectivity index (χ0n) is 14.5. The molecule has 1 saturated carbocycles. The highest BCUT2D eigenvalue weighted by atomic mass is 16.5. The average molecular weight is 339 g/mol. The first-order valence-corrected chi connectivity index (χ1v) is 9.46. The highest BCUT2D eigenvalue weighted by Gasteiger charge is 2.43. The Morgan fingerprint density at radius 1 is 1.20 bits per heavy atom. The van der Waals surface area contributed by atoms with Gasteiger partial charge in [0.05, 0.1) is 25.7 Å². The van der Waals surface area contributed by atoms with E-state index in [9.17, 15) is 4.79 Å². The Kier molecular flexibility index (Phi) is 3.79. The lowest BCUT2D eigenvalue weighted by molar-refractivity contribution is -0.139. The molecule has 1 aromatic carbocycles. The number of nitrogens with one attached hydrogen (secondary N) is 1. The number of para-hydroxylation sites is 1. The van der Waals surface area contributed by atoms with E-state index in [0.29, 0.717) is 18.5 Å². The number of aromatic amines is 1. The van der Waals surface area contributed by atoms with Crippen molar-refractivity contribution in [1.29, 1.82) is 0 Å². The van der Waals surface area contributed by atoms with Gasteiger partial charge in [0.25, 0.3) is 0 Å². The molecule has 2 aliphatic heterocycles. The number of hydrogen-bond acceptors (Lipinski definition) is 3. The normalized spacial score (nSPS) is 27.4. The molecule has 5 rings (SSSR count). The summed E-state index contributed by atoms with van der Waals surface area (Å²) in [6.07, 6.45) is 5.15. The van der Waals surface area contributed by atoms with Crippen LogP contribution in [0.1, 0.15) is 18.4 Å². The molecule has 1 amide bonds. The number of ether oxygens (including phenoxy) is 1. The van der Waals surface area contributed by atoms with Crippen LogP contribution in [0.3, 0.4) is 0 Å². The van der Waals surface area contributed by atoms with Gasteiger partial charge in [-0.3, -0.25) is 9.69 Å². The van der Waals surface area contributed by atoms with E-state index in [0.717, 1.165) is 55.2 Å². The van der Waals surface area contributed by atoms with Gasteiger partial charge in [0, 0.05) is 42.8 Å². The summed E-state index contributed by atoms with van der Waals surface area (Å²) in [6.45, 7) is 4.30. The van der Waals surface area contributed by atoms with Crippen LogP contribution in [0, 0.1) is 5.92 Å². The fourth-order valence-corrected chi connectivity index (χ4v) is 4.54. The van der Waals surface area contributed by atoms with Crippen LogP contribution in [0.4, 0.5) is 0 Å². The smallest absolute Gasteiger partial charge is 0.227 e. The number of H-pyrrole nitrogens is 1. The number of nitrogens with zero attached hydrogens (tertiary/aromatic N) is 2. The van der Waals surface area contributed by atoms with Gasteiger partial charge >= 0.3 is 0 Å². The third-order valence-corrected chi connectivity index (χ3v) is 6.09. The molecule has 1 aromatic heterocycles. The van der Waals surface area contributed by atoms with Crippen LogP contribution in [-0.4, -0.2) is 65.6 Å². The van der Waals surface area contributed by atoms with Gasteiger partial charge in [-0.1, -0.05) is 18.2 Å². The van der Waals surface area contributed by atoms with Crippen LogP contribution in [0.2, 0.25) is 0 Å². The molecule has 0 bridgehead atoms. The third kappa shape index (κ3) is 2.85. The van der Waals surface area contributed by atoms with Crippen LogP contribution in [0.25, 0.3) is 10.9 Å². The van der Waals surface area contributed by atoms with Crippen molar-refractivity contribution in [3.63, 3.8) is 0 Å². The first-order valence-electron chi connectivity index (χ1n) is 9.46. The summed E-state index contributed by atoms with van der Waals surface area (Å²) < 4.78 is 5.86. The van der Waals surface area contributed by atoms with Crippen LogP contribution >= 0.6 is 0 Å². The largest absolute Gasteiger partial charge is 0.378 e. The Labute approximate surface area is 147 Å². The van der Waals surface area contributed by atoms with Gasteiger partial charge in [-0.25, -0.2) is 0 Å². The fraction of sp³-hybridized carbons (Fsp3) is 0.550. The summed E-state index contributed by atoms with van der Waals surface area (Å²) in [6, 6.07) is 9.15. The minimum Gasteiger partial charge on any atom is -0.378 e. The number of benzene rings is 1. The second-order valence-electron chi connectivity index (χ2n) is 7.71. The van der Waals surface area contributed by atoms with Gasteiger partial charge in [0.2, 0.25) is 5.91 Å². The monoisotopic (exact) mass is 339 g/mol. The molecule has 2 aromatic rings. The fourth-order valence-electron chi connectivity index (χ4n) is 4.54. The third-order valence-electron chi connectivity index (χ3n) is 6.09. The van der Waals surface area contributed by atoms with Crippen molar-refractivity contribution in [2.45, 2.75) is 31.3 Å². The Hall–Kier alpha value is -1.85. The molecule has 3 fully saturated rings. The van der Waals surface area contributed by atoms with Gasteiger partial charge < -0.3 is 14.6 Å². The first kappa shape index (κ1) is 15.4. The first-order chi connectivity index (χ1) is 12.3. The second kappa shape index (κ2) is 6.15. The van der Waals surface area contributed by atoms with E-state index in [-0.39, 0.29) is 5.91 Å². The van der Waals surface area contributed by atoms with E-state index in [1.54, 1.807) is 0 Å². The average Bonchev–Trinajstić information content (AvgIpc) is 3.42. The number of fused-ring (bicyclic) bond motifs is 2. The lowest BCUT2D eigenvalue weighted by Gasteiger charge is -2.48. The van der Waals surface area contributed by atoms with E-state index < -0.39 is 0 Å². The standard InChI is InChI=1S/C20H25N3O2/c24-20(9-15-10-21-18-4-2-1-3-17(15)18)22-7-8-23-16(11-22)12-25-13-19(23)14-5-6-14/h1-4,10,14,16,19,21H,5-9,11-13H2/t16-,19-/m1/s1. The van der Waals surface area contributed by atoms with Crippen molar-refractivity contribution in [3.05, 3.63) is 36.0 Å². The van der Waals surface area contributed by atoms with Gasteiger partial charge in [0.15, 0.2) is 0 Å². The lowest BCUT2D eigenvalue weighted by atomic mass is 10.0. The molecular weight excluding hydrogens is 314 g/mol. The molecule has 25 heavy (non-hydrogen) atoms. The Morgan fingerprint density at radius 2 is 2.08 bits per heavy atom. The summed E-state index contributed by atoms with van der Waals surface area (Å²) >= 11 is 0. The van der Waals surface area contributed by atoms with Gasteiger partial charge in [-0.05, 0) is 30.4 Å². The van der Waals surface area contributed by atoms with Crippen molar-refractivity contribution >= 4 is 16.8 Å². The Bertz CT molecular complexity index is 782. The molecule has 1 aliphatic carbocycles. The number of amides is 1. The molecule has 2 atom stereocenters. The van der Waals surface area contributed by atoms with E-state index in [1.807, 2.05) is 23.2 Å². The molecule has 2 saturated heterocycles. The van der Waals surface area contributed by atoms with Crippen LogP contribution < -0.4 is 0 Å². The van der Waals surface area contributed by atoms with Crippen molar-refractivity contribution in [3.8, 4) is 0 Å². The number of aromatic nitrogens is 1. The topological polar surface area (TPSA) is 48.6 Å². The molecule has 0 spiro atoms. The van der Waals surface area contributed by atoms with Crippen molar-refractivity contribution < 1.29 is 9.53 Å². The van der Waals surface area contributed by atoms with Gasteiger partial charge in [0.1, 0.15) is 0 Å². The Balaban J connectivity index is 1.27. The maximum absolute atomic E-state index is 12.9. The molecule has 5 nitrogen and oxygen atoms in total. The van der Waals surface area contributed by atoms with E-state index >= 15 is 0 Å². The quantitative estimate of drug-likeness (QED) is 0.931. The summed E-state index contributed by atoms with van der Waals surface area (Å²) in [4.78, 5) is 20.8. The molecule has 5 heteroatoms. The maximum Gasteiger partial charge on any atom is 0.227 e. The lowest BCUT2D eigenvalue weighted by Crippen LogP contribution is -2.63. The molecule has 3 heterocycles.